The molecule has 0 amide bonds. The smallest absolute Gasteiger partial charge is 0.126 e. The van der Waals surface area contributed by atoms with E-state index in [2.05, 4.69) is 23.7 Å². The van der Waals surface area contributed by atoms with Gasteiger partial charge in [-0.3, -0.25) is 0 Å². The molecule has 0 atom stereocenters. The number of aryl methyl sites for hydroxylation is 1. The molecular formula is C16H18FNS. The molecule has 3 rings (SSSR count). The van der Waals surface area contributed by atoms with E-state index in [1.54, 1.807) is 23.5 Å². The first kappa shape index (κ1) is 12.8. The van der Waals surface area contributed by atoms with Crippen LogP contribution < -0.4 is 5.32 Å². The highest BCUT2D eigenvalue weighted by Gasteiger charge is 2.31. The maximum Gasteiger partial charge on any atom is 0.126 e. The summed E-state index contributed by atoms with van der Waals surface area (Å²) < 4.78 is 13.6. The van der Waals surface area contributed by atoms with E-state index >= 15 is 0 Å². The largest absolute Gasteiger partial charge is 0.309 e. The third-order valence-electron chi connectivity index (χ3n) is 4.00. The molecule has 0 spiro atoms. The molecule has 1 heterocycles. The number of rotatable bonds is 4. The van der Waals surface area contributed by atoms with Crippen molar-refractivity contribution in [2.45, 2.75) is 38.3 Å². The second-order valence-corrected chi connectivity index (χ2v) is 6.30. The van der Waals surface area contributed by atoms with Crippen LogP contribution in [0.1, 0.15) is 34.8 Å². The van der Waals surface area contributed by atoms with Gasteiger partial charge in [0.2, 0.25) is 0 Å². The molecular weight excluding hydrogens is 257 g/mol. The Morgan fingerprint density at radius 2 is 2.05 bits per heavy atom. The fourth-order valence-corrected chi connectivity index (χ4v) is 3.52. The predicted octanol–water partition coefficient (Wildman–Crippen LogP) is 4.23. The van der Waals surface area contributed by atoms with Gasteiger partial charge in [0.15, 0.2) is 0 Å². The summed E-state index contributed by atoms with van der Waals surface area (Å²) in [6.07, 6.45) is 2.09. The van der Waals surface area contributed by atoms with Crippen LogP contribution >= 0.6 is 11.3 Å². The highest BCUT2D eigenvalue weighted by atomic mass is 32.1. The average molecular weight is 275 g/mol. The Hall–Kier alpha value is -1.19. The lowest BCUT2D eigenvalue weighted by Gasteiger charge is -2.36. The van der Waals surface area contributed by atoms with Crippen LogP contribution in [0.2, 0.25) is 0 Å². The second kappa shape index (κ2) is 5.43. The molecule has 1 saturated carbocycles. The normalized spacial score (nSPS) is 22.2. The molecule has 1 N–H and O–H groups in total. The van der Waals surface area contributed by atoms with Crippen molar-refractivity contribution in [3.63, 3.8) is 0 Å². The fraction of sp³-hybridized carbons (Fsp3) is 0.375. The monoisotopic (exact) mass is 275 g/mol. The van der Waals surface area contributed by atoms with E-state index in [1.165, 1.54) is 10.4 Å². The third kappa shape index (κ3) is 2.72. The first-order chi connectivity index (χ1) is 9.24. The SMILES string of the molecule is Cc1ccsc1CNC1CC(c2ccccc2F)C1. The average Bonchev–Trinajstić information content (AvgIpc) is 2.75. The van der Waals surface area contributed by atoms with Crippen LogP contribution in [0.5, 0.6) is 0 Å². The topological polar surface area (TPSA) is 12.0 Å². The standard InChI is InChI=1S/C16H18FNS/c1-11-6-7-19-16(11)10-18-13-8-12(9-13)14-4-2-3-5-15(14)17/h2-7,12-13,18H,8-10H2,1H3. The number of thiophene rings is 1. The van der Waals surface area contributed by atoms with Crippen LogP contribution in [0, 0.1) is 12.7 Å². The minimum Gasteiger partial charge on any atom is -0.309 e. The van der Waals surface area contributed by atoms with Gasteiger partial charge in [0.1, 0.15) is 5.82 Å². The van der Waals surface area contributed by atoms with Crippen molar-refractivity contribution in [3.05, 3.63) is 57.5 Å². The molecule has 100 valence electrons. The lowest BCUT2D eigenvalue weighted by Crippen LogP contribution is -2.39. The first-order valence-electron chi connectivity index (χ1n) is 6.75. The van der Waals surface area contributed by atoms with Crippen molar-refractivity contribution in [2.24, 2.45) is 0 Å². The molecule has 1 aromatic heterocycles. The van der Waals surface area contributed by atoms with Crippen LogP contribution in [0.15, 0.2) is 35.7 Å². The molecule has 0 bridgehead atoms. The number of nitrogens with one attached hydrogen (secondary N) is 1. The summed E-state index contributed by atoms with van der Waals surface area (Å²) in [6.45, 7) is 3.09. The third-order valence-corrected chi connectivity index (χ3v) is 5.03. The van der Waals surface area contributed by atoms with Crippen molar-refractivity contribution >= 4 is 11.3 Å². The van der Waals surface area contributed by atoms with Crippen molar-refractivity contribution in [3.8, 4) is 0 Å². The number of hydrogen-bond donors (Lipinski definition) is 1. The minimum absolute atomic E-state index is 0.0555. The number of benzene rings is 1. The van der Waals surface area contributed by atoms with E-state index in [4.69, 9.17) is 0 Å². The van der Waals surface area contributed by atoms with Gasteiger partial charge in [0, 0.05) is 17.5 Å². The van der Waals surface area contributed by atoms with Crippen molar-refractivity contribution in [1.82, 2.24) is 5.32 Å². The zero-order chi connectivity index (χ0) is 13.2. The maximum atomic E-state index is 13.6. The Morgan fingerprint density at radius 1 is 1.26 bits per heavy atom. The van der Waals surface area contributed by atoms with E-state index in [-0.39, 0.29) is 5.82 Å². The van der Waals surface area contributed by atoms with Gasteiger partial charge in [-0.1, -0.05) is 18.2 Å². The Kier molecular flexibility index (Phi) is 3.67. The minimum atomic E-state index is -0.0555. The van der Waals surface area contributed by atoms with Gasteiger partial charge in [-0.15, -0.1) is 11.3 Å². The fourth-order valence-electron chi connectivity index (χ4n) is 2.67. The van der Waals surface area contributed by atoms with E-state index in [1.807, 2.05) is 12.1 Å². The van der Waals surface area contributed by atoms with Gasteiger partial charge in [0.05, 0.1) is 0 Å². The van der Waals surface area contributed by atoms with E-state index in [0.29, 0.717) is 12.0 Å². The molecule has 1 aliphatic carbocycles. The lowest BCUT2D eigenvalue weighted by molar-refractivity contribution is 0.284. The zero-order valence-corrected chi connectivity index (χ0v) is 11.8. The Bertz CT molecular complexity index is 557. The van der Waals surface area contributed by atoms with E-state index in [9.17, 15) is 4.39 Å². The quantitative estimate of drug-likeness (QED) is 0.880. The number of halogens is 1. The molecule has 0 unspecified atom stereocenters. The van der Waals surface area contributed by atoms with Crippen LogP contribution in [-0.2, 0) is 6.54 Å². The summed E-state index contributed by atoms with van der Waals surface area (Å²) in [5.74, 6) is 0.336. The predicted molar refractivity (Wildman–Crippen MR) is 78.1 cm³/mol. The van der Waals surface area contributed by atoms with Gasteiger partial charge < -0.3 is 5.32 Å². The molecule has 19 heavy (non-hydrogen) atoms. The molecule has 0 saturated heterocycles. The second-order valence-electron chi connectivity index (χ2n) is 5.29. The molecule has 1 fully saturated rings. The van der Waals surface area contributed by atoms with E-state index < -0.39 is 0 Å². The lowest BCUT2D eigenvalue weighted by atomic mass is 9.75. The summed E-state index contributed by atoms with van der Waals surface area (Å²) in [7, 11) is 0. The van der Waals surface area contributed by atoms with Crippen LogP contribution in [-0.4, -0.2) is 6.04 Å². The Labute approximate surface area is 117 Å². The Balaban J connectivity index is 1.51. The summed E-state index contributed by atoms with van der Waals surface area (Å²) in [6, 6.07) is 9.85. The molecule has 1 aliphatic rings. The Morgan fingerprint density at radius 3 is 2.74 bits per heavy atom. The van der Waals surface area contributed by atoms with Crippen LogP contribution in [0.4, 0.5) is 4.39 Å². The van der Waals surface area contributed by atoms with Gasteiger partial charge in [-0.25, -0.2) is 4.39 Å². The molecule has 2 aromatic rings. The van der Waals surface area contributed by atoms with Crippen molar-refractivity contribution in [2.75, 3.05) is 0 Å². The molecule has 1 aromatic carbocycles. The van der Waals surface area contributed by atoms with Crippen molar-refractivity contribution < 1.29 is 4.39 Å². The summed E-state index contributed by atoms with van der Waals surface area (Å²) in [5, 5.41) is 5.70. The maximum absolute atomic E-state index is 13.6. The van der Waals surface area contributed by atoms with Gasteiger partial charge in [-0.2, -0.15) is 0 Å². The molecule has 3 heteroatoms. The van der Waals surface area contributed by atoms with Crippen LogP contribution in [0.3, 0.4) is 0 Å². The van der Waals surface area contributed by atoms with Crippen LogP contribution in [0.25, 0.3) is 0 Å². The first-order valence-corrected chi connectivity index (χ1v) is 7.63. The molecule has 0 aliphatic heterocycles. The molecule has 0 radical (unpaired) electrons. The summed E-state index contributed by atoms with van der Waals surface area (Å²) in [5.41, 5.74) is 2.25. The van der Waals surface area contributed by atoms with Gasteiger partial charge in [-0.05, 0) is 54.3 Å². The number of hydrogen-bond acceptors (Lipinski definition) is 2. The zero-order valence-electron chi connectivity index (χ0n) is 11.0. The summed E-state index contributed by atoms with van der Waals surface area (Å²) in [4.78, 5) is 1.41. The highest BCUT2D eigenvalue weighted by molar-refractivity contribution is 7.10. The highest BCUT2D eigenvalue weighted by Crippen LogP contribution is 2.38. The summed E-state index contributed by atoms with van der Waals surface area (Å²) >= 11 is 1.80. The van der Waals surface area contributed by atoms with Gasteiger partial charge in [0.25, 0.3) is 0 Å². The van der Waals surface area contributed by atoms with Crippen molar-refractivity contribution in [1.29, 1.82) is 0 Å². The molecule has 1 nitrogen and oxygen atoms in total. The van der Waals surface area contributed by atoms with E-state index in [0.717, 1.165) is 24.9 Å². The van der Waals surface area contributed by atoms with Gasteiger partial charge >= 0.3 is 0 Å².